The van der Waals surface area contributed by atoms with E-state index in [-0.39, 0.29) is 0 Å². The summed E-state index contributed by atoms with van der Waals surface area (Å²) in [4.78, 5) is 0. The van der Waals surface area contributed by atoms with Crippen LogP contribution in [0.3, 0.4) is 0 Å². The average Bonchev–Trinajstić information content (AvgIpc) is 2.17. The van der Waals surface area contributed by atoms with Gasteiger partial charge in [0.15, 0.2) is 0 Å². The van der Waals surface area contributed by atoms with Gasteiger partial charge in [0.05, 0.1) is 0 Å². The lowest BCUT2D eigenvalue weighted by atomic mass is 9.65. The van der Waals surface area contributed by atoms with Crippen LogP contribution < -0.4 is 0 Å². The van der Waals surface area contributed by atoms with Gasteiger partial charge >= 0.3 is 0 Å². The first kappa shape index (κ1) is 11.5. The van der Waals surface area contributed by atoms with Gasteiger partial charge < -0.3 is 0 Å². The van der Waals surface area contributed by atoms with Gasteiger partial charge in [0.1, 0.15) is 0 Å². The molecule has 0 radical (unpaired) electrons. The molecule has 0 nitrogen and oxygen atoms in total. The summed E-state index contributed by atoms with van der Waals surface area (Å²) in [6.45, 7) is 4.87. The SMILES string of the molecule is CCC1CC(C(C)CC2CCCCC2)C1. The third kappa shape index (κ3) is 2.98. The number of rotatable bonds is 4. The van der Waals surface area contributed by atoms with Crippen molar-refractivity contribution in [2.24, 2.45) is 23.7 Å². The molecule has 0 N–H and O–H groups in total. The lowest BCUT2D eigenvalue weighted by Crippen LogP contribution is -2.29. The lowest BCUT2D eigenvalue weighted by Gasteiger charge is -2.40. The van der Waals surface area contributed by atoms with E-state index in [1.165, 1.54) is 38.5 Å². The summed E-state index contributed by atoms with van der Waals surface area (Å²) in [5, 5.41) is 0. The molecule has 0 heteroatoms. The molecule has 2 saturated carbocycles. The van der Waals surface area contributed by atoms with Crippen molar-refractivity contribution in [3.05, 3.63) is 0 Å². The molecule has 0 aromatic rings. The molecule has 0 heterocycles. The average molecular weight is 208 g/mol. The van der Waals surface area contributed by atoms with Crippen molar-refractivity contribution in [3.63, 3.8) is 0 Å². The number of hydrogen-bond donors (Lipinski definition) is 0. The van der Waals surface area contributed by atoms with Gasteiger partial charge in [-0.1, -0.05) is 52.4 Å². The molecule has 88 valence electrons. The van der Waals surface area contributed by atoms with E-state index in [2.05, 4.69) is 13.8 Å². The van der Waals surface area contributed by atoms with Crippen molar-refractivity contribution >= 4 is 0 Å². The van der Waals surface area contributed by atoms with E-state index < -0.39 is 0 Å². The summed E-state index contributed by atoms with van der Waals surface area (Å²) < 4.78 is 0. The fourth-order valence-corrected chi connectivity index (χ4v) is 3.73. The minimum absolute atomic E-state index is 1.02. The zero-order chi connectivity index (χ0) is 10.7. The molecule has 0 bridgehead atoms. The first-order valence-corrected chi connectivity index (χ1v) is 7.29. The Bertz CT molecular complexity index is 172. The summed E-state index contributed by atoms with van der Waals surface area (Å²) in [7, 11) is 0. The quantitative estimate of drug-likeness (QED) is 0.608. The maximum atomic E-state index is 2.52. The second-order valence-corrected chi connectivity index (χ2v) is 6.22. The molecule has 0 aromatic carbocycles. The molecular formula is C15H28. The molecule has 2 rings (SSSR count). The van der Waals surface area contributed by atoms with E-state index in [1.807, 2.05) is 0 Å². The van der Waals surface area contributed by atoms with Gasteiger partial charge in [-0.25, -0.2) is 0 Å². The van der Waals surface area contributed by atoms with Crippen molar-refractivity contribution in [2.45, 2.75) is 71.6 Å². The molecule has 1 unspecified atom stereocenters. The Kier molecular flexibility index (Phi) is 4.11. The summed E-state index contributed by atoms with van der Waals surface area (Å²) in [5.74, 6) is 4.30. The largest absolute Gasteiger partial charge is 0.0651 e. The first-order chi connectivity index (χ1) is 7.29. The third-order valence-electron chi connectivity index (χ3n) is 5.08. The predicted octanol–water partition coefficient (Wildman–Crippen LogP) is 5.03. The Morgan fingerprint density at radius 3 is 2.27 bits per heavy atom. The highest BCUT2D eigenvalue weighted by atomic mass is 14.4. The Morgan fingerprint density at radius 1 is 1.00 bits per heavy atom. The summed E-state index contributed by atoms with van der Waals surface area (Å²) in [6, 6.07) is 0. The fourth-order valence-electron chi connectivity index (χ4n) is 3.73. The smallest absolute Gasteiger partial charge is 0.0383 e. The maximum absolute atomic E-state index is 2.52. The van der Waals surface area contributed by atoms with Crippen LogP contribution in [-0.4, -0.2) is 0 Å². The van der Waals surface area contributed by atoms with E-state index in [9.17, 15) is 0 Å². The minimum Gasteiger partial charge on any atom is -0.0651 e. The van der Waals surface area contributed by atoms with Crippen LogP contribution in [0.2, 0.25) is 0 Å². The van der Waals surface area contributed by atoms with Gasteiger partial charge in [-0.2, -0.15) is 0 Å². The summed E-state index contributed by atoms with van der Waals surface area (Å²) >= 11 is 0. The molecule has 2 fully saturated rings. The molecular weight excluding hydrogens is 180 g/mol. The highest BCUT2D eigenvalue weighted by Gasteiger charge is 2.32. The lowest BCUT2D eigenvalue weighted by molar-refractivity contribution is 0.107. The van der Waals surface area contributed by atoms with Crippen LogP contribution in [0.5, 0.6) is 0 Å². The first-order valence-electron chi connectivity index (χ1n) is 7.29. The zero-order valence-corrected chi connectivity index (χ0v) is 10.7. The van der Waals surface area contributed by atoms with Crippen LogP contribution >= 0.6 is 0 Å². The highest BCUT2D eigenvalue weighted by Crippen LogP contribution is 2.43. The van der Waals surface area contributed by atoms with E-state index in [0.717, 1.165) is 23.7 Å². The van der Waals surface area contributed by atoms with E-state index in [0.29, 0.717) is 0 Å². The van der Waals surface area contributed by atoms with Crippen molar-refractivity contribution in [1.82, 2.24) is 0 Å². The molecule has 1 atom stereocenters. The van der Waals surface area contributed by atoms with Crippen molar-refractivity contribution < 1.29 is 0 Å². The van der Waals surface area contributed by atoms with Gasteiger partial charge in [0.25, 0.3) is 0 Å². The minimum atomic E-state index is 1.02. The van der Waals surface area contributed by atoms with Crippen LogP contribution in [0.25, 0.3) is 0 Å². The normalized spacial score (nSPS) is 34.8. The van der Waals surface area contributed by atoms with Crippen LogP contribution in [0.15, 0.2) is 0 Å². The van der Waals surface area contributed by atoms with Gasteiger partial charge in [-0.3, -0.25) is 0 Å². The van der Waals surface area contributed by atoms with Gasteiger partial charge in [0, 0.05) is 0 Å². The molecule has 0 spiro atoms. The second kappa shape index (κ2) is 5.37. The summed E-state index contributed by atoms with van der Waals surface area (Å²) in [6.07, 6.45) is 13.7. The van der Waals surface area contributed by atoms with Gasteiger partial charge in [0.2, 0.25) is 0 Å². The van der Waals surface area contributed by atoms with Gasteiger partial charge in [-0.05, 0) is 42.9 Å². The van der Waals surface area contributed by atoms with Gasteiger partial charge in [-0.15, -0.1) is 0 Å². The van der Waals surface area contributed by atoms with Crippen LogP contribution in [-0.2, 0) is 0 Å². The monoisotopic (exact) mass is 208 g/mol. The van der Waals surface area contributed by atoms with Crippen molar-refractivity contribution in [1.29, 1.82) is 0 Å². The molecule has 2 aliphatic rings. The molecule has 0 amide bonds. The Hall–Kier alpha value is 0. The van der Waals surface area contributed by atoms with E-state index >= 15 is 0 Å². The standard InChI is InChI=1S/C15H28/c1-3-13-10-15(11-13)12(2)9-14-7-5-4-6-8-14/h12-15H,3-11H2,1-2H3. The molecule has 2 aliphatic carbocycles. The van der Waals surface area contributed by atoms with E-state index in [1.54, 1.807) is 19.3 Å². The van der Waals surface area contributed by atoms with Crippen LogP contribution in [0.4, 0.5) is 0 Å². The van der Waals surface area contributed by atoms with Crippen LogP contribution in [0.1, 0.15) is 71.6 Å². The topological polar surface area (TPSA) is 0 Å². The van der Waals surface area contributed by atoms with Crippen molar-refractivity contribution in [2.75, 3.05) is 0 Å². The second-order valence-electron chi connectivity index (χ2n) is 6.22. The molecule has 15 heavy (non-hydrogen) atoms. The number of hydrogen-bond acceptors (Lipinski definition) is 0. The summed E-state index contributed by atoms with van der Waals surface area (Å²) in [5.41, 5.74) is 0. The molecule has 0 saturated heterocycles. The predicted molar refractivity (Wildman–Crippen MR) is 66.9 cm³/mol. The Balaban J connectivity index is 1.66. The molecule has 0 aromatic heterocycles. The zero-order valence-electron chi connectivity index (χ0n) is 10.7. The van der Waals surface area contributed by atoms with Crippen LogP contribution in [0, 0.1) is 23.7 Å². The molecule has 0 aliphatic heterocycles. The maximum Gasteiger partial charge on any atom is -0.0383 e. The van der Waals surface area contributed by atoms with E-state index in [4.69, 9.17) is 0 Å². The Morgan fingerprint density at radius 2 is 1.67 bits per heavy atom. The van der Waals surface area contributed by atoms with Crippen molar-refractivity contribution in [3.8, 4) is 0 Å². The fraction of sp³-hybridized carbons (Fsp3) is 1.00. The third-order valence-corrected chi connectivity index (χ3v) is 5.08. The Labute approximate surface area is 95.8 Å². The highest BCUT2D eigenvalue weighted by molar-refractivity contribution is 4.83.